The van der Waals surface area contributed by atoms with E-state index in [1.54, 1.807) is 54.6 Å². The van der Waals surface area contributed by atoms with Crippen LogP contribution >= 0.6 is 0 Å². The number of aliphatic hydroxyl groups is 1. The van der Waals surface area contributed by atoms with Crippen LogP contribution in [0.4, 0.5) is 5.69 Å². The van der Waals surface area contributed by atoms with Gasteiger partial charge in [-0.15, -0.1) is 0 Å². The number of carboxylic acid groups (broad SMARTS) is 1. The quantitative estimate of drug-likeness (QED) is 0.0360. The molecule has 0 fully saturated rings. The van der Waals surface area contributed by atoms with Crippen molar-refractivity contribution >= 4 is 53.0 Å². The van der Waals surface area contributed by atoms with E-state index in [4.69, 9.17) is 17.2 Å². The molecule has 0 radical (unpaired) electrons. The summed E-state index contributed by atoms with van der Waals surface area (Å²) >= 11 is 0. The monoisotopic (exact) mass is 923 g/mol. The highest BCUT2D eigenvalue weighted by Gasteiger charge is 2.32. The Morgan fingerprint density at radius 2 is 0.970 bits per heavy atom. The van der Waals surface area contributed by atoms with Crippen LogP contribution in [0.1, 0.15) is 135 Å². The number of hydrogen-bond acceptors (Lipinski definition) is 10. The number of amides is 7. The van der Waals surface area contributed by atoms with Crippen molar-refractivity contribution in [1.29, 1.82) is 0 Å². The van der Waals surface area contributed by atoms with Crippen molar-refractivity contribution in [3.63, 3.8) is 0 Å². The Bertz CT molecular complexity index is 1840. The summed E-state index contributed by atoms with van der Waals surface area (Å²) in [6, 6.07) is 9.66. The Balaban J connectivity index is 1.63. The summed E-state index contributed by atoms with van der Waals surface area (Å²) in [5.41, 5.74) is 18.6. The molecule has 366 valence electrons. The topological polar surface area (TPSA) is 315 Å². The van der Waals surface area contributed by atoms with Crippen LogP contribution in [0.3, 0.4) is 0 Å². The zero-order chi connectivity index (χ0) is 49.0. The maximum Gasteiger partial charge on any atom is 0.326 e. The number of unbranched alkanes of at least 4 members (excludes halogenated alkanes) is 11. The normalized spacial score (nSPS) is 13.8. The number of benzene rings is 2. The highest BCUT2D eigenvalue weighted by Crippen LogP contribution is 2.15. The van der Waals surface area contributed by atoms with Gasteiger partial charge in [-0.05, 0) is 55.4 Å². The van der Waals surface area contributed by atoms with E-state index in [2.05, 4.69) is 26.6 Å². The summed E-state index contributed by atoms with van der Waals surface area (Å²) < 4.78 is 0. The number of rotatable bonds is 34. The van der Waals surface area contributed by atoms with E-state index in [1.807, 2.05) is 13.8 Å². The van der Waals surface area contributed by atoms with Gasteiger partial charge in [0, 0.05) is 31.4 Å². The second-order valence-electron chi connectivity index (χ2n) is 17.5. The minimum atomic E-state index is -1.29. The van der Waals surface area contributed by atoms with Gasteiger partial charge in [0.05, 0.1) is 12.5 Å². The predicted molar refractivity (Wildman–Crippen MR) is 251 cm³/mol. The molecule has 2 aromatic rings. The molecule has 2 aromatic carbocycles. The zero-order valence-corrected chi connectivity index (χ0v) is 38.9. The molecule has 6 atom stereocenters. The van der Waals surface area contributed by atoms with Gasteiger partial charge in [-0.25, -0.2) is 4.79 Å². The number of anilines is 1. The fourth-order valence-electron chi connectivity index (χ4n) is 7.34. The molecule has 0 heterocycles. The van der Waals surface area contributed by atoms with E-state index in [0.29, 0.717) is 24.1 Å². The number of primary amides is 2. The summed E-state index contributed by atoms with van der Waals surface area (Å²) in [6.07, 6.45) is 10.0. The van der Waals surface area contributed by atoms with E-state index in [-0.39, 0.29) is 43.9 Å². The maximum atomic E-state index is 13.3. The molecule has 18 nitrogen and oxygen atoms in total. The number of aliphatic carboxylic acids is 1. The fourth-order valence-corrected chi connectivity index (χ4v) is 7.34. The van der Waals surface area contributed by atoms with Gasteiger partial charge in [0.1, 0.15) is 30.2 Å². The van der Waals surface area contributed by atoms with E-state index < -0.39 is 84.1 Å². The molecule has 0 saturated carbocycles. The van der Waals surface area contributed by atoms with Gasteiger partial charge >= 0.3 is 5.97 Å². The molecule has 0 unspecified atom stereocenters. The van der Waals surface area contributed by atoms with Crippen molar-refractivity contribution in [2.24, 2.45) is 17.4 Å². The van der Waals surface area contributed by atoms with Crippen molar-refractivity contribution in [1.82, 2.24) is 26.6 Å². The number of carbonyl (C=O) groups excluding carboxylic acids is 7. The molecule has 66 heavy (non-hydrogen) atoms. The molecule has 0 spiro atoms. The second-order valence-corrected chi connectivity index (χ2v) is 17.5. The number of hydrogen-bond donors (Lipinski definition) is 10. The van der Waals surface area contributed by atoms with Gasteiger partial charge in [-0.1, -0.05) is 121 Å². The average Bonchev–Trinajstić information content (AvgIpc) is 3.25. The standard InChI is InChI=1S/C48H74N8O10/c1-31(2)27-37(45(62)53-36(44(51)61)28-34-23-25-35(49)26-24-34)54-47(64)43(32(3)57)56-42(60)22-18-13-11-9-7-5-4-6-8-10-12-17-21-41(59)52-38(30-40(50)58)46(63)55-39(48(65)66)29-33-19-15-14-16-20-33/h14-16,19-20,23-26,31-32,36-39,43,57H,4-13,17-18,21-22,27-30,49H2,1-3H3,(H2,50,58)(H2,51,61)(H,52,59)(H,53,62)(H,54,64)(H,55,63)(H,56,60)(H,65,66)/t32-,36+,37+,38+,39+,43+/m1/s1. The molecule has 7 amide bonds. The number of aliphatic hydroxyl groups excluding tert-OH is 1. The third kappa shape index (κ3) is 23.8. The Kier molecular flexibility index (Phi) is 26.3. The molecule has 13 N–H and O–H groups in total. The first-order valence-electron chi connectivity index (χ1n) is 23.2. The minimum Gasteiger partial charge on any atom is -0.480 e. The van der Waals surface area contributed by atoms with Crippen molar-refractivity contribution in [3.8, 4) is 0 Å². The van der Waals surface area contributed by atoms with Gasteiger partial charge in [-0.3, -0.25) is 33.6 Å². The van der Waals surface area contributed by atoms with E-state index in [9.17, 15) is 48.6 Å². The second kappa shape index (κ2) is 31.0. The lowest BCUT2D eigenvalue weighted by atomic mass is 10.0. The Labute approximate surface area is 388 Å². The summed E-state index contributed by atoms with van der Waals surface area (Å²) in [5, 5.41) is 32.9. The van der Waals surface area contributed by atoms with Gasteiger partial charge in [0.2, 0.25) is 41.4 Å². The van der Waals surface area contributed by atoms with Crippen LogP contribution in [0.15, 0.2) is 54.6 Å². The lowest BCUT2D eigenvalue weighted by molar-refractivity contribution is -0.142. The van der Waals surface area contributed by atoms with Crippen LogP contribution in [0.25, 0.3) is 0 Å². The molecule has 18 heteroatoms. The number of nitrogens with two attached hydrogens (primary N) is 3. The summed E-state index contributed by atoms with van der Waals surface area (Å²) in [6.45, 7) is 5.12. The average molecular weight is 923 g/mol. The van der Waals surface area contributed by atoms with Crippen molar-refractivity contribution in [2.75, 3.05) is 5.73 Å². The number of nitrogens with one attached hydrogen (secondary N) is 5. The SMILES string of the molecule is CC(C)C[C@H](NC(=O)[C@@H](NC(=O)CCCCCCCCCCCCCCC(=O)N[C@@H](CC(N)=O)C(=O)N[C@@H](Cc1ccccc1)C(=O)O)[C@@H](C)O)C(=O)N[C@@H](Cc1ccc(N)cc1)C(N)=O. The van der Waals surface area contributed by atoms with Crippen LogP contribution in [-0.4, -0.2) is 93.8 Å². The molecule has 0 aliphatic carbocycles. The van der Waals surface area contributed by atoms with Gasteiger partial charge < -0.3 is 54.0 Å². The van der Waals surface area contributed by atoms with Gasteiger partial charge in [0.25, 0.3) is 0 Å². The Morgan fingerprint density at radius 1 is 0.530 bits per heavy atom. The number of carboxylic acids is 1. The smallest absolute Gasteiger partial charge is 0.326 e. The Hall–Kier alpha value is -6.04. The molecule has 0 aliphatic heterocycles. The zero-order valence-electron chi connectivity index (χ0n) is 38.9. The van der Waals surface area contributed by atoms with Gasteiger partial charge in [0.15, 0.2) is 0 Å². The lowest BCUT2D eigenvalue weighted by Gasteiger charge is -2.27. The first-order valence-corrected chi connectivity index (χ1v) is 23.2. The van der Waals surface area contributed by atoms with Crippen LogP contribution in [0.2, 0.25) is 0 Å². The number of carbonyl (C=O) groups is 8. The largest absolute Gasteiger partial charge is 0.480 e. The van der Waals surface area contributed by atoms with E-state index >= 15 is 0 Å². The van der Waals surface area contributed by atoms with Crippen LogP contribution in [0, 0.1) is 5.92 Å². The van der Waals surface area contributed by atoms with Crippen molar-refractivity contribution < 1.29 is 48.6 Å². The lowest BCUT2D eigenvalue weighted by Crippen LogP contribution is -2.59. The molecule has 0 bridgehead atoms. The summed E-state index contributed by atoms with van der Waals surface area (Å²) in [7, 11) is 0. The first-order chi connectivity index (χ1) is 31.4. The Morgan fingerprint density at radius 3 is 1.44 bits per heavy atom. The van der Waals surface area contributed by atoms with Crippen LogP contribution in [-0.2, 0) is 51.2 Å². The van der Waals surface area contributed by atoms with Crippen LogP contribution < -0.4 is 43.8 Å². The van der Waals surface area contributed by atoms with Crippen molar-refractivity contribution in [3.05, 3.63) is 65.7 Å². The summed E-state index contributed by atoms with van der Waals surface area (Å²) in [4.78, 5) is 101. The first kappa shape index (κ1) is 56.1. The van der Waals surface area contributed by atoms with Gasteiger partial charge in [-0.2, -0.15) is 0 Å². The highest BCUT2D eigenvalue weighted by atomic mass is 16.4. The number of nitrogen functional groups attached to an aromatic ring is 1. The maximum absolute atomic E-state index is 13.3. The molecular formula is C48H74N8O10. The molecule has 0 aromatic heterocycles. The molecule has 2 rings (SSSR count). The molecule has 0 aliphatic rings. The highest BCUT2D eigenvalue weighted by molar-refractivity contribution is 5.95. The minimum absolute atomic E-state index is 0.0201. The summed E-state index contributed by atoms with van der Waals surface area (Å²) in [5.74, 6) is -5.74. The molecule has 0 saturated heterocycles. The van der Waals surface area contributed by atoms with Crippen LogP contribution in [0.5, 0.6) is 0 Å². The van der Waals surface area contributed by atoms with E-state index in [0.717, 1.165) is 69.8 Å². The predicted octanol–water partition coefficient (Wildman–Crippen LogP) is 2.81. The fraction of sp³-hybridized carbons (Fsp3) is 0.583. The third-order valence-corrected chi connectivity index (χ3v) is 11.0. The van der Waals surface area contributed by atoms with Crippen molar-refractivity contribution in [2.45, 2.75) is 173 Å². The van der Waals surface area contributed by atoms with E-state index in [1.165, 1.54) is 6.92 Å². The third-order valence-electron chi connectivity index (χ3n) is 11.0. The molecular weight excluding hydrogens is 849 g/mol.